The highest BCUT2D eigenvalue weighted by Crippen LogP contribution is 2.44. The summed E-state index contributed by atoms with van der Waals surface area (Å²) in [5, 5.41) is 0. The van der Waals surface area contributed by atoms with Crippen molar-refractivity contribution in [1.29, 1.82) is 0 Å². The number of hydrogen-bond donors (Lipinski definition) is 0. The summed E-state index contributed by atoms with van der Waals surface area (Å²) in [6.07, 6.45) is 14.6. The zero-order valence-corrected chi connectivity index (χ0v) is 15.3. The zero-order valence-electron chi connectivity index (χ0n) is 14.5. The highest BCUT2D eigenvalue weighted by atomic mass is 35.5. The molecule has 0 N–H and O–H groups in total. The van der Waals surface area contributed by atoms with E-state index >= 15 is 0 Å². The standard InChI is InChI=1S/C22H31Cl/c1-2-17-3-7-19(8-4-17)21-11-13-22(14-12-21)20-9-5-18(6-10-20)15-16-23/h3-4,7-8,15-16,18,20-22H,2,5-6,9-14H2,1H3/b16-15+/t18-,20-,21?,22?. The quantitative estimate of drug-likeness (QED) is 0.553. The van der Waals surface area contributed by atoms with Crippen LogP contribution >= 0.6 is 11.6 Å². The van der Waals surface area contributed by atoms with E-state index in [1.165, 1.54) is 56.9 Å². The lowest BCUT2D eigenvalue weighted by Gasteiger charge is -2.37. The summed E-state index contributed by atoms with van der Waals surface area (Å²) in [6, 6.07) is 9.42. The molecule has 0 nitrogen and oxygen atoms in total. The summed E-state index contributed by atoms with van der Waals surface area (Å²) in [4.78, 5) is 0. The number of benzene rings is 1. The normalized spacial score (nSPS) is 32.3. The van der Waals surface area contributed by atoms with E-state index in [9.17, 15) is 0 Å². The Morgan fingerprint density at radius 1 is 0.870 bits per heavy atom. The number of allylic oxidation sites excluding steroid dienone is 1. The van der Waals surface area contributed by atoms with Gasteiger partial charge in [0.05, 0.1) is 0 Å². The van der Waals surface area contributed by atoms with Crippen molar-refractivity contribution in [3.05, 3.63) is 47.0 Å². The maximum Gasteiger partial charge on any atom is 0.000525 e. The van der Waals surface area contributed by atoms with Gasteiger partial charge in [-0.2, -0.15) is 0 Å². The molecule has 0 atom stereocenters. The first-order chi connectivity index (χ1) is 11.3. The van der Waals surface area contributed by atoms with Crippen LogP contribution in [-0.4, -0.2) is 0 Å². The molecule has 0 bridgehead atoms. The average Bonchev–Trinajstić information content (AvgIpc) is 2.63. The van der Waals surface area contributed by atoms with Crippen LogP contribution in [0.1, 0.15) is 75.3 Å². The van der Waals surface area contributed by atoms with E-state index < -0.39 is 0 Å². The molecule has 1 aromatic rings. The minimum Gasteiger partial charge on any atom is -0.0933 e. The van der Waals surface area contributed by atoms with Crippen molar-refractivity contribution in [3.63, 3.8) is 0 Å². The fourth-order valence-electron chi connectivity index (χ4n) is 4.86. The largest absolute Gasteiger partial charge is 0.0933 e. The Morgan fingerprint density at radius 3 is 1.96 bits per heavy atom. The Bertz CT molecular complexity index is 485. The predicted octanol–water partition coefficient (Wildman–Crippen LogP) is 7.08. The fraction of sp³-hybridized carbons (Fsp3) is 0.636. The number of hydrogen-bond acceptors (Lipinski definition) is 0. The topological polar surface area (TPSA) is 0 Å². The third kappa shape index (κ3) is 4.41. The molecule has 1 aromatic carbocycles. The molecule has 2 aliphatic rings. The molecule has 23 heavy (non-hydrogen) atoms. The first-order valence-corrected chi connectivity index (χ1v) is 10.1. The smallest absolute Gasteiger partial charge is 0.000525 e. The van der Waals surface area contributed by atoms with Crippen molar-refractivity contribution in [2.75, 3.05) is 0 Å². The highest BCUT2D eigenvalue weighted by Gasteiger charge is 2.30. The van der Waals surface area contributed by atoms with E-state index in [0.717, 1.165) is 30.1 Å². The minimum absolute atomic E-state index is 0.747. The van der Waals surface area contributed by atoms with Crippen molar-refractivity contribution in [2.45, 2.75) is 70.6 Å². The van der Waals surface area contributed by atoms with Gasteiger partial charge in [0, 0.05) is 5.54 Å². The van der Waals surface area contributed by atoms with Crippen molar-refractivity contribution in [2.24, 2.45) is 17.8 Å². The van der Waals surface area contributed by atoms with E-state index in [1.807, 2.05) is 0 Å². The van der Waals surface area contributed by atoms with Gasteiger partial charge in [-0.05, 0) is 92.6 Å². The second-order valence-electron chi connectivity index (χ2n) is 7.70. The fourth-order valence-corrected chi connectivity index (χ4v) is 5.07. The molecule has 0 heterocycles. The molecule has 1 heteroatoms. The van der Waals surface area contributed by atoms with Gasteiger partial charge in [-0.15, -0.1) is 0 Å². The lowest BCUT2D eigenvalue weighted by molar-refractivity contribution is 0.171. The maximum atomic E-state index is 5.73. The van der Waals surface area contributed by atoms with E-state index in [1.54, 1.807) is 11.1 Å². The van der Waals surface area contributed by atoms with E-state index in [-0.39, 0.29) is 0 Å². The summed E-state index contributed by atoms with van der Waals surface area (Å²) in [5.74, 6) is 3.53. The van der Waals surface area contributed by atoms with E-state index in [0.29, 0.717) is 0 Å². The molecule has 0 radical (unpaired) electrons. The molecule has 126 valence electrons. The lowest BCUT2D eigenvalue weighted by atomic mass is 9.68. The molecule has 0 aromatic heterocycles. The summed E-state index contributed by atoms with van der Waals surface area (Å²) in [6.45, 7) is 2.23. The van der Waals surface area contributed by atoms with Gasteiger partial charge >= 0.3 is 0 Å². The third-order valence-corrected chi connectivity index (χ3v) is 6.60. The van der Waals surface area contributed by atoms with Crippen LogP contribution in [0.2, 0.25) is 0 Å². The highest BCUT2D eigenvalue weighted by molar-refractivity contribution is 6.25. The summed E-state index contributed by atoms with van der Waals surface area (Å²) in [7, 11) is 0. The Morgan fingerprint density at radius 2 is 1.43 bits per heavy atom. The van der Waals surface area contributed by atoms with Crippen LogP contribution in [0.15, 0.2) is 35.9 Å². The molecule has 0 spiro atoms. The number of aryl methyl sites for hydroxylation is 1. The molecule has 2 saturated carbocycles. The van der Waals surface area contributed by atoms with Gasteiger partial charge in [-0.3, -0.25) is 0 Å². The molecule has 0 aliphatic heterocycles. The number of halogens is 1. The van der Waals surface area contributed by atoms with Crippen molar-refractivity contribution >= 4 is 11.6 Å². The zero-order chi connectivity index (χ0) is 16.1. The van der Waals surface area contributed by atoms with Gasteiger partial charge in [0.1, 0.15) is 0 Å². The molecule has 0 amide bonds. The van der Waals surface area contributed by atoms with E-state index in [4.69, 9.17) is 11.6 Å². The van der Waals surface area contributed by atoms with Crippen molar-refractivity contribution in [3.8, 4) is 0 Å². The SMILES string of the molecule is CCc1ccc(C2CCC([C@H]3CC[C@H](/C=C/Cl)CC3)CC2)cc1. The molecule has 0 unspecified atom stereocenters. The molecule has 3 rings (SSSR count). The van der Waals surface area contributed by atoms with Crippen LogP contribution in [0.5, 0.6) is 0 Å². The Kier molecular flexibility index (Phi) is 6.22. The second-order valence-corrected chi connectivity index (χ2v) is 7.95. The van der Waals surface area contributed by atoms with Gasteiger partial charge in [-0.25, -0.2) is 0 Å². The third-order valence-electron chi connectivity index (χ3n) is 6.46. The van der Waals surface area contributed by atoms with Gasteiger partial charge in [-0.1, -0.05) is 48.9 Å². The van der Waals surface area contributed by atoms with E-state index in [2.05, 4.69) is 37.3 Å². The monoisotopic (exact) mass is 330 g/mol. The van der Waals surface area contributed by atoms with Crippen LogP contribution in [-0.2, 0) is 6.42 Å². The molecule has 2 fully saturated rings. The molecular weight excluding hydrogens is 300 g/mol. The van der Waals surface area contributed by atoms with Crippen LogP contribution in [0, 0.1) is 17.8 Å². The molecular formula is C22H31Cl. The average molecular weight is 331 g/mol. The van der Waals surface area contributed by atoms with Crippen molar-refractivity contribution < 1.29 is 0 Å². The summed E-state index contributed by atoms with van der Waals surface area (Å²) >= 11 is 5.73. The molecule has 0 saturated heterocycles. The van der Waals surface area contributed by atoms with Gasteiger partial charge in [0.15, 0.2) is 0 Å². The minimum atomic E-state index is 0.747. The van der Waals surface area contributed by atoms with Crippen LogP contribution < -0.4 is 0 Å². The van der Waals surface area contributed by atoms with Gasteiger partial charge < -0.3 is 0 Å². The Labute approximate surface area is 147 Å². The van der Waals surface area contributed by atoms with Gasteiger partial charge in [0.25, 0.3) is 0 Å². The van der Waals surface area contributed by atoms with Crippen molar-refractivity contribution in [1.82, 2.24) is 0 Å². The molecule has 2 aliphatic carbocycles. The predicted molar refractivity (Wildman–Crippen MR) is 101 cm³/mol. The first kappa shape index (κ1) is 17.1. The Hall–Kier alpha value is -0.750. The Balaban J connectivity index is 1.48. The van der Waals surface area contributed by atoms with Crippen LogP contribution in [0.3, 0.4) is 0 Å². The van der Waals surface area contributed by atoms with Crippen LogP contribution in [0.4, 0.5) is 0 Å². The maximum absolute atomic E-state index is 5.73. The lowest BCUT2D eigenvalue weighted by Crippen LogP contribution is -2.25. The first-order valence-electron chi connectivity index (χ1n) is 9.65. The van der Waals surface area contributed by atoms with Gasteiger partial charge in [0.2, 0.25) is 0 Å². The summed E-state index contributed by atoms with van der Waals surface area (Å²) < 4.78 is 0. The summed E-state index contributed by atoms with van der Waals surface area (Å²) in [5.41, 5.74) is 4.77. The number of rotatable bonds is 4. The second kappa shape index (κ2) is 8.38. The van der Waals surface area contributed by atoms with Crippen LogP contribution in [0.25, 0.3) is 0 Å².